The van der Waals surface area contributed by atoms with Gasteiger partial charge in [0.2, 0.25) is 0 Å². The first-order valence-corrected chi connectivity index (χ1v) is 7.83. The number of carboxylic acids is 1. The maximum absolute atomic E-state index is 11.7. The Morgan fingerprint density at radius 1 is 1.45 bits per heavy atom. The van der Waals surface area contributed by atoms with E-state index in [1.165, 1.54) is 0 Å². The van der Waals surface area contributed by atoms with Gasteiger partial charge in [-0.2, -0.15) is 0 Å². The molecule has 0 radical (unpaired) electrons. The molecule has 2 aliphatic rings. The van der Waals surface area contributed by atoms with Crippen molar-refractivity contribution < 1.29 is 14.6 Å². The van der Waals surface area contributed by atoms with Gasteiger partial charge in [0, 0.05) is 25.7 Å². The maximum Gasteiger partial charge on any atom is 0.324 e. The topological polar surface area (TPSA) is 53.0 Å². The van der Waals surface area contributed by atoms with Crippen LogP contribution in [-0.2, 0) is 9.53 Å². The van der Waals surface area contributed by atoms with Crippen molar-refractivity contribution >= 4 is 5.97 Å². The molecular formula is C15H28N2O3. The van der Waals surface area contributed by atoms with Crippen molar-refractivity contribution in [3.63, 3.8) is 0 Å². The van der Waals surface area contributed by atoms with Crippen molar-refractivity contribution in [1.82, 2.24) is 9.80 Å². The summed E-state index contributed by atoms with van der Waals surface area (Å²) < 4.78 is 5.86. The molecule has 0 aliphatic carbocycles. The summed E-state index contributed by atoms with van der Waals surface area (Å²) in [4.78, 5) is 16.2. The molecule has 0 aromatic carbocycles. The Morgan fingerprint density at radius 3 is 2.80 bits per heavy atom. The number of hydrogen-bond acceptors (Lipinski definition) is 4. The van der Waals surface area contributed by atoms with Gasteiger partial charge in [-0.05, 0) is 39.7 Å². The highest BCUT2D eigenvalue weighted by atomic mass is 16.5. The number of ether oxygens (including phenoxy) is 1. The number of rotatable bonds is 5. The van der Waals surface area contributed by atoms with Crippen LogP contribution in [0, 0.1) is 0 Å². The SMILES string of the molecule is CCC1(C(=O)O)CCCN1CC1CN(C(C)C)CCO1. The molecule has 0 spiro atoms. The van der Waals surface area contributed by atoms with Gasteiger partial charge in [-0.1, -0.05) is 6.92 Å². The third kappa shape index (κ3) is 3.00. The van der Waals surface area contributed by atoms with Gasteiger partial charge in [0.25, 0.3) is 0 Å². The van der Waals surface area contributed by atoms with Crippen LogP contribution in [0.5, 0.6) is 0 Å². The molecule has 20 heavy (non-hydrogen) atoms. The number of nitrogens with zero attached hydrogens (tertiary/aromatic N) is 2. The molecule has 2 rings (SSSR count). The van der Waals surface area contributed by atoms with Crippen molar-refractivity contribution in [2.45, 2.75) is 57.7 Å². The van der Waals surface area contributed by atoms with E-state index in [2.05, 4.69) is 23.6 Å². The molecule has 2 aliphatic heterocycles. The van der Waals surface area contributed by atoms with Gasteiger partial charge in [0.05, 0.1) is 12.7 Å². The van der Waals surface area contributed by atoms with E-state index in [1.54, 1.807) is 0 Å². The molecule has 2 unspecified atom stereocenters. The molecule has 0 aromatic rings. The van der Waals surface area contributed by atoms with Crippen molar-refractivity contribution in [1.29, 1.82) is 0 Å². The standard InChI is InChI=1S/C15H28N2O3/c1-4-15(14(18)19)6-5-7-17(15)11-13-10-16(12(2)3)8-9-20-13/h12-13H,4-11H2,1-3H3,(H,18,19). The van der Waals surface area contributed by atoms with E-state index in [1.807, 2.05) is 6.92 Å². The normalized spacial score (nSPS) is 32.9. The van der Waals surface area contributed by atoms with Gasteiger partial charge in [-0.3, -0.25) is 14.6 Å². The first-order chi connectivity index (χ1) is 9.49. The average molecular weight is 284 g/mol. The fraction of sp³-hybridized carbons (Fsp3) is 0.933. The molecule has 2 saturated heterocycles. The fourth-order valence-corrected chi connectivity index (χ4v) is 3.56. The second-order valence-corrected chi connectivity index (χ2v) is 6.32. The lowest BCUT2D eigenvalue weighted by molar-refractivity contribution is -0.152. The van der Waals surface area contributed by atoms with E-state index in [4.69, 9.17) is 4.74 Å². The molecule has 116 valence electrons. The Hall–Kier alpha value is -0.650. The van der Waals surface area contributed by atoms with Crippen LogP contribution in [0.3, 0.4) is 0 Å². The first-order valence-electron chi connectivity index (χ1n) is 7.83. The molecule has 1 N–H and O–H groups in total. The molecule has 2 atom stereocenters. The van der Waals surface area contributed by atoms with Crippen molar-refractivity contribution in [2.75, 3.05) is 32.8 Å². The average Bonchev–Trinajstić information content (AvgIpc) is 2.83. The van der Waals surface area contributed by atoms with E-state index in [0.717, 1.165) is 45.6 Å². The molecule has 5 nitrogen and oxygen atoms in total. The van der Waals surface area contributed by atoms with Crippen LogP contribution >= 0.6 is 0 Å². The van der Waals surface area contributed by atoms with Crippen LogP contribution in [0.15, 0.2) is 0 Å². The number of carboxylic acid groups (broad SMARTS) is 1. The monoisotopic (exact) mass is 284 g/mol. The zero-order valence-corrected chi connectivity index (χ0v) is 13.0. The van der Waals surface area contributed by atoms with Gasteiger partial charge in [-0.25, -0.2) is 0 Å². The van der Waals surface area contributed by atoms with Crippen molar-refractivity contribution in [3.8, 4) is 0 Å². The highest BCUT2D eigenvalue weighted by Gasteiger charge is 2.46. The zero-order chi connectivity index (χ0) is 14.8. The third-order valence-electron chi connectivity index (χ3n) is 4.93. The van der Waals surface area contributed by atoms with E-state index in [-0.39, 0.29) is 6.10 Å². The minimum atomic E-state index is -0.672. The summed E-state index contributed by atoms with van der Waals surface area (Å²) in [6, 6.07) is 0.524. The minimum Gasteiger partial charge on any atom is -0.480 e. The van der Waals surface area contributed by atoms with Gasteiger partial charge >= 0.3 is 5.97 Å². The minimum absolute atomic E-state index is 0.134. The van der Waals surface area contributed by atoms with E-state index in [0.29, 0.717) is 12.5 Å². The smallest absolute Gasteiger partial charge is 0.324 e. The zero-order valence-electron chi connectivity index (χ0n) is 13.0. The largest absolute Gasteiger partial charge is 0.480 e. The van der Waals surface area contributed by atoms with Crippen LogP contribution in [0.1, 0.15) is 40.0 Å². The van der Waals surface area contributed by atoms with Gasteiger partial charge in [0.15, 0.2) is 0 Å². The molecule has 2 fully saturated rings. The number of hydrogen-bond donors (Lipinski definition) is 1. The summed E-state index contributed by atoms with van der Waals surface area (Å²) in [7, 11) is 0. The van der Waals surface area contributed by atoms with Crippen LogP contribution in [0.25, 0.3) is 0 Å². The predicted octanol–water partition coefficient (Wildman–Crippen LogP) is 1.42. The van der Waals surface area contributed by atoms with Crippen LogP contribution in [-0.4, -0.2) is 71.3 Å². The highest BCUT2D eigenvalue weighted by Crippen LogP contribution is 2.33. The van der Waals surface area contributed by atoms with Crippen LogP contribution in [0.4, 0.5) is 0 Å². The lowest BCUT2D eigenvalue weighted by Gasteiger charge is -2.40. The highest BCUT2D eigenvalue weighted by molar-refractivity contribution is 5.79. The van der Waals surface area contributed by atoms with E-state index in [9.17, 15) is 9.90 Å². The molecule has 0 bridgehead atoms. The second kappa shape index (κ2) is 6.41. The molecule has 0 amide bonds. The van der Waals surface area contributed by atoms with Crippen molar-refractivity contribution in [2.24, 2.45) is 0 Å². The summed E-state index contributed by atoms with van der Waals surface area (Å²) >= 11 is 0. The Balaban J connectivity index is 2.00. The van der Waals surface area contributed by atoms with Crippen LogP contribution in [0.2, 0.25) is 0 Å². The number of likely N-dealkylation sites (tertiary alicyclic amines) is 1. The number of carbonyl (C=O) groups is 1. The summed E-state index contributed by atoms with van der Waals surface area (Å²) in [5, 5.41) is 9.61. The number of morpholine rings is 1. The Kier molecular flexibility index (Phi) is 5.04. The molecule has 5 heteroatoms. The summed E-state index contributed by atoms with van der Waals surface area (Å²) in [6.07, 6.45) is 2.54. The summed E-state index contributed by atoms with van der Waals surface area (Å²) in [5.74, 6) is -0.672. The van der Waals surface area contributed by atoms with Gasteiger partial charge < -0.3 is 9.84 Å². The Labute approximate surface area is 121 Å². The summed E-state index contributed by atoms with van der Waals surface area (Å²) in [6.45, 7) is 10.6. The Morgan fingerprint density at radius 2 is 2.20 bits per heavy atom. The first kappa shape index (κ1) is 15.7. The fourth-order valence-electron chi connectivity index (χ4n) is 3.56. The summed E-state index contributed by atoms with van der Waals surface area (Å²) in [5.41, 5.74) is -0.663. The molecular weight excluding hydrogens is 256 g/mol. The second-order valence-electron chi connectivity index (χ2n) is 6.32. The van der Waals surface area contributed by atoms with E-state index < -0.39 is 11.5 Å². The van der Waals surface area contributed by atoms with Crippen molar-refractivity contribution in [3.05, 3.63) is 0 Å². The molecule has 0 aromatic heterocycles. The lowest BCUT2D eigenvalue weighted by Crippen LogP contribution is -2.56. The molecule has 0 saturated carbocycles. The van der Waals surface area contributed by atoms with Gasteiger partial charge in [-0.15, -0.1) is 0 Å². The maximum atomic E-state index is 11.7. The van der Waals surface area contributed by atoms with E-state index >= 15 is 0 Å². The quantitative estimate of drug-likeness (QED) is 0.827. The lowest BCUT2D eigenvalue weighted by atomic mass is 9.92. The number of aliphatic carboxylic acids is 1. The van der Waals surface area contributed by atoms with Crippen LogP contribution < -0.4 is 0 Å². The predicted molar refractivity (Wildman–Crippen MR) is 77.9 cm³/mol. The Bertz CT molecular complexity index is 348. The van der Waals surface area contributed by atoms with Gasteiger partial charge in [0.1, 0.15) is 5.54 Å². The molecule has 2 heterocycles. The third-order valence-corrected chi connectivity index (χ3v) is 4.93.